The summed E-state index contributed by atoms with van der Waals surface area (Å²) in [5.41, 5.74) is -4.20. The first-order chi connectivity index (χ1) is 12.5. The molecule has 0 fully saturated rings. The summed E-state index contributed by atoms with van der Waals surface area (Å²) in [6.07, 6.45) is 0. The number of esters is 2. The maximum atomic E-state index is 12.9. The van der Waals surface area contributed by atoms with Crippen molar-refractivity contribution in [3.8, 4) is 12.1 Å². The van der Waals surface area contributed by atoms with E-state index in [0.717, 1.165) is 14.2 Å². The fourth-order valence-electron chi connectivity index (χ4n) is 3.05. The van der Waals surface area contributed by atoms with Gasteiger partial charge in [0.25, 0.3) is 0 Å². The normalized spacial score (nSPS) is 14.6. The van der Waals surface area contributed by atoms with Gasteiger partial charge < -0.3 is 9.47 Å². The molecule has 2 aromatic carbocycles. The molecule has 0 bridgehead atoms. The lowest BCUT2D eigenvalue weighted by Crippen LogP contribution is -2.58. The summed E-state index contributed by atoms with van der Waals surface area (Å²) in [6, 6.07) is 19.6. The van der Waals surface area contributed by atoms with Gasteiger partial charge in [-0.15, -0.1) is 0 Å². The molecule has 0 aliphatic rings. The van der Waals surface area contributed by atoms with Crippen LogP contribution >= 0.6 is 0 Å². The SMILES string of the molecule is COC(=O)C(C#N)(c1ccccc1)C(C#N)(C(=O)OC)c1ccccc1. The second-order valence-electron chi connectivity index (χ2n) is 5.44. The van der Waals surface area contributed by atoms with Gasteiger partial charge in [-0.05, 0) is 11.1 Å². The predicted octanol–water partition coefficient (Wildman–Crippen LogP) is 2.26. The van der Waals surface area contributed by atoms with Gasteiger partial charge in [0.15, 0.2) is 0 Å². The van der Waals surface area contributed by atoms with Crippen molar-refractivity contribution in [2.45, 2.75) is 10.8 Å². The number of nitrogens with zero attached hydrogens (tertiary/aromatic N) is 2. The zero-order chi connectivity index (χ0) is 19.2. The average molecular weight is 348 g/mol. The van der Waals surface area contributed by atoms with E-state index in [2.05, 4.69) is 0 Å². The summed E-state index contributed by atoms with van der Waals surface area (Å²) >= 11 is 0. The summed E-state index contributed by atoms with van der Waals surface area (Å²) in [5, 5.41) is 20.2. The lowest BCUT2D eigenvalue weighted by Gasteiger charge is -2.37. The van der Waals surface area contributed by atoms with Crippen molar-refractivity contribution >= 4 is 11.9 Å². The summed E-state index contributed by atoms with van der Waals surface area (Å²) in [7, 11) is 2.20. The molecule has 2 rings (SSSR count). The van der Waals surface area contributed by atoms with Crippen LogP contribution in [-0.2, 0) is 29.9 Å². The second-order valence-corrected chi connectivity index (χ2v) is 5.44. The van der Waals surface area contributed by atoms with E-state index in [9.17, 15) is 20.1 Å². The highest BCUT2D eigenvalue weighted by molar-refractivity contribution is 6.02. The fourth-order valence-corrected chi connectivity index (χ4v) is 3.05. The molecule has 6 heteroatoms. The number of carbonyl (C=O) groups excluding carboxylic acids is 2. The van der Waals surface area contributed by atoms with Crippen LogP contribution in [0.25, 0.3) is 0 Å². The Balaban J connectivity index is 3.02. The summed E-state index contributed by atoms with van der Waals surface area (Å²) < 4.78 is 9.73. The molecule has 0 aromatic heterocycles. The highest BCUT2D eigenvalue weighted by Crippen LogP contribution is 2.46. The molecule has 0 saturated heterocycles. The van der Waals surface area contributed by atoms with Gasteiger partial charge in [-0.2, -0.15) is 10.5 Å². The molecule has 0 aliphatic carbocycles. The van der Waals surface area contributed by atoms with E-state index in [1.165, 1.54) is 24.3 Å². The Labute approximate surface area is 151 Å². The van der Waals surface area contributed by atoms with E-state index in [4.69, 9.17) is 9.47 Å². The molecule has 6 nitrogen and oxygen atoms in total. The van der Waals surface area contributed by atoms with Gasteiger partial charge >= 0.3 is 11.9 Å². The number of methoxy groups -OCH3 is 2. The van der Waals surface area contributed by atoms with Crippen LogP contribution in [0.15, 0.2) is 60.7 Å². The van der Waals surface area contributed by atoms with Crippen molar-refractivity contribution in [1.82, 2.24) is 0 Å². The third-order valence-electron chi connectivity index (χ3n) is 4.29. The minimum Gasteiger partial charge on any atom is -0.468 e. The van der Waals surface area contributed by atoms with Crippen LogP contribution < -0.4 is 0 Å². The third kappa shape index (κ3) is 2.49. The van der Waals surface area contributed by atoms with Crippen LogP contribution in [0, 0.1) is 22.7 Å². The number of carbonyl (C=O) groups is 2. The smallest absolute Gasteiger partial charge is 0.333 e. The molecular formula is C20H16N2O4. The van der Waals surface area contributed by atoms with Gasteiger partial charge in [0.1, 0.15) is 0 Å². The molecule has 0 saturated carbocycles. The largest absolute Gasteiger partial charge is 0.468 e. The van der Waals surface area contributed by atoms with E-state index in [-0.39, 0.29) is 11.1 Å². The first kappa shape index (κ1) is 18.7. The molecule has 0 heterocycles. The second kappa shape index (κ2) is 7.50. The van der Waals surface area contributed by atoms with E-state index in [1.54, 1.807) is 36.4 Å². The quantitative estimate of drug-likeness (QED) is 0.768. The van der Waals surface area contributed by atoms with Gasteiger partial charge in [-0.25, -0.2) is 9.59 Å². The van der Waals surface area contributed by atoms with Crippen LogP contribution in [0.2, 0.25) is 0 Å². The minimum absolute atomic E-state index is 0.158. The molecule has 0 spiro atoms. The topological polar surface area (TPSA) is 100 Å². The van der Waals surface area contributed by atoms with Crippen LogP contribution in [0.5, 0.6) is 0 Å². The highest BCUT2D eigenvalue weighted by atomic mass is 16.5. The lowest BCUT2D eigenvalue weighted by molar-refractivity contribution is -0.157. The molecular weight excluding hydrogens is 332 g/mol. The fraction of sp³-hybridized carbons (Fsp3) is 0.200. The van der Waals surface area contributed by atoms with E-state index in [0.29, 0.717) is 0 Å². The van der Waals surface area contributed by atoms with Crippen LogP contribution in [0.1, 0.15) is 11.1 Å². The van der Waals surface area contributed by atoms with Gasteiger partial charge in [-0.3, -0.25) is 0 Å². The molecule has 2 aromatic rings. The molecule has 130 valence electrons. The highest BCUT2D eigenvalue weighted by Gasteiger charge is 2.66. The average Bonchev–Trinajstić information content (AvgIpc) is 2.72. The number of nitriles is 2. The number of hydrogen-bond donors (Lipinski definition) is 0. The third-order valence-corrected chi connectivity index (χ3v) is 4.29. The molecule has 0 aliphatic heterocycles. The summed E-state index contributed by atoms with van der Waals surface area (Å²) in [4.78, 5) is 25.7. The number of hydrogen-bond acceptors (Lipinski definition) is 6. The molecule has 26 heavy (non-hydrogen) atoms. The Morgan fingerprint density at radius 3 is 1.27 bits per heavy atom. The minimum atomic E-state index is -2.26. The van der Waals surface area contributed by atoms with Crippen molar-refractivity contribution in [3.63, 3.8) is 0 Å². The zero-order valence-electron chi connectivity index (χ0n) is 14.3. The van der Waals surface area contributed by atoms with Gasteiger partial charge in [-0.1, -0.05) is 60.7 Å². The van der Waals surface area contributed by atoms with Crippen molar-refractivity contribution in [3.05, 3.63) is 71.8 Å². The maximum Gasteiger partial charge on any atom is 0.333 e. The van der Waals surface area contributed by atoms with Crippen molar-refractivity contribution in [1.29, 1.82) is 10.5 Å². The first-order valence-corrected chi connectivity index (χ1v) is 7.65. The van der Waals surface area contributed by atoms with Crippen molar-refractivity contribution in [2.24, 2.45) is 0 Å². The summed E-state index contributed by atoms with van der Waals surface area (Å²) in [6.45, 7) is 0. The predicted molar refractivity (Wildman–Crippen MR) is 91.5 cm³/mol. The standard InChI is InChI=1S/C20H16N2O4/c1-25-17(23)19(13-21,15-9-5-3-6-10-15)20(14-22,18(24)26-2)16-11-7-4-8-12-16/h3-12H,1-2H3. The lowest BCUT2D eigenvalue weighted by atomic mass is 9.58. The molecule has 0 amide bonds. The molecule has 2 atom stereocenters. The molecule has 2 unspecified atom stereocenters. The Hall–Kier alpha value is -3.64. The monoisotopic (exact) mass is 348 g/mol. The van der Waals surface area contributed by atoms with E-state index < -0.39 is 22.8 Å². The number of ether oxygens (including phenoxy) is 2. The Kier molecular flexibility index (Phi) is 5.39. The van der Waals surface area contributed by atoms with E-state index >= 15 is 0 Å². The maximum absolute atomic E-state index is 12.9. The van der Waals surface area contributed by atoms with Crippen molar-refractivity contribution in [2.75, 3.05) is 14.2 Å². The first-order valence-electron chi connectivity index (χ1n) is 7.65. The van der Waals surface area contributed by atoms with Crippen LogP contribution in [0.3, 0.4) is 0 Å². The van der Waals surface area contributed by atoms with Gasteiger partial charge in [0.05, 0.1) is 26.4 Å². The zero-order valence-corrected chi connectivity index (χ0v) is 14.3. The Morgan fingerprint density at radius 2 is 1.04 bits per heavy atom. The Bertz CT molecular complexity index is 808. The van der Waals surface area contributed by atoms with Crippen LogP contribution in [0.4, 0.5) is 0 Å². The van der Waals surface area contributed by atoms with Gasteiger partial charge in [0.2, 0.25) is 10.8 Å². The number of benzene rings is 2. The van der Waals surface area contributed by atoms with Crippen molar-refractivity contribution < 1.29 is 19.1 Å². The van der Waals surface area contributed by atoms with Crippen LogP contribution in [-0.4, -0.2) is 26.2 Å². The Morgan fingerprint density at radius 1 is 0.731 bits per heavy atom. The van der Waals surface area contributed by atoms with Gasteiger partial charge in [0, 0.05) is 0 Å². The molecule has 0 radical (unpaired) electrons. The van der Waals surface area contributed by atoms with E-state index in [1.807, 2.05) is 12.1 Å². The number of rotatable bonds is 5. The summed E-state index contributed by atoms with van der Waals surface area (Å²) in [5.74, 6) is -2.05. The molecule has 0 N–H and O–H groups in total.